The van der Waals surface area contributed by atoms with Crippen LogP contribution in [0.3, 0.4) is 0 Å². The fourth-order valence-corrected chi connectivity index (χ4v) is 9.90. The van der Waals surface area contributed by atoms with Crippen molar-refractivity contribution in [3.05, 3.63) is 72.9 Å². The van der Waals surface area contributed by atoms with E-state index in [-0.39, 0.29) is 12.5 Å². The van der Waals surface area contributed by atoms with E-state index in [1.807, 2.05) is 6.08 Å². The Bertz CT molecular complexity index is 1420. The summed E-state index contributed by atoms with van der Waals surface area (Å²) in [6.07, 6.45) is 71.4. The minimum atomic E-state index is -1.58. The number of ether oxygens (including phenoxy) is 2. The van der Waals surface area contributed by atoms with Crippen LogP contribution in [0.5, 0.6) is 0 Å². The Morgan fingerprint density at radius 3 is 1.20 bits per heavy atom. The second kappa shape index (κ2) is 55.9. The standard InChI is InChI=1S/C67H121NO8/c1-3-5-7-9-11-13-15-17-19-21-23-24-25-26-27-28-29-30-31-32-33-34-35-36-37-38-39-41-43-45-47-49-51-53-55-57-63(71)68-60(59-75-67-66(74)65(73)64(72)62(58-69)76-67)61(70)56-54-52-50-48-46-44-42-40-22-20-18-16-14-12-10-8-6-4-2/h15,17,21-23,25-26,40,46,48,54,56,60-62,64-67,69-70,72-74H,3-14,16,18-20,24,27-39,41-45,47,49-53,55,57-59H2,1-2H3,(H,68,71)/b17-15-,23-21-,26-25-,40-22+,48-46+,56-54+. The molecule has 1 saturated heterocycles. The lowest BCUT2D eigenvalue weighted by atomic mass is 9.99. The quantitative estimate of drug-likeness (QED) is 0.0261. The topological polar surface area (TPSA) is 149 Å². The third kappa shape index (κ3) is 44.5. The number of allylic oxidation sites excluding steroid dienone is 11. The second-order valence-electron chi connectivity index (χ2n) is 22.2. The normalized spacial score (nSPS) is 19.3. The van der Waals surface area contributed by atoms with Gasteiger partial charge in [0.1, 0.15) is 24.4 Å². The molecule has 76 heavy (non-hydrogen) atoms. The van der Waals surface area contributed by atoms with Crippen LogP contribution >= 0.6 is 0 Å². The van der Waals surface area contributed by atoms with Gasteiger partial charge in [-0.1, -0.05) is 273 Å². The first-order valence-electron chi connectivity index (χ1n) is 32.2. The van der Waals surface area contributed by atoms with Gasteiger partial charge in [-0.05, 0) is 83.5 Å². The molecular weight excluding hydrogens is 947 g/mol. The fraction of sp³-hybridized carbons (Fsp3) is 0.806. The maximum atomic E-state index is 13.1. The van der Waals surface area contributed by atoms with E-state index in [1.165, 1.54) is 212 Å². The number of carbonyl (C=O) groups excluding carboxylic acids is 1. The van der Waals surface area contributed by atoms with Gasteiger partial charge in [0, 0.05) is 6.42 Å². The average molecular weight is 1070 g/mol. The highest BCUT2D eigenvalue weighted by Crippen LogP contribution is 2.23. The van der Waals surface area contributed by atoms with E-state index in [1.54, 1.807) is 6.08 Å². The first-order valence-corrected chi connectivity index (χ1v) is 32.2. The van der Waals surface area contributed by atoms with E-state index in [2.05, 4.69) is 79.9 Å². The predicted molar refractivity (Wildman–Crippen MR) is 322 cm³/mol. The number of nitrogens with one attached hydrogen (secondary N) is 1. The molecule has 1 amide bonds. The fourth-order valence-electron chi connectivity index (χ4n) is 9.90. The van der Waals surface area contributed by atoms with Crippen LogP contribution in [0.25, 0.3) is 0 Å². The summed E-state index contributed by atoms with van der Waals surface area (Å²) in [5, 5.41) is 54.5. The van der Waals surface area contributed by atoms with Crippen molar-refractivity contribution in [2.75, 3.05) is 13.2 Å². The molecule has 0 aliphatic carbocycles. The molecule has 7 atom stereocenters. The van der Waals surface area contributed by atoms with Crippen molar-refractivity contribution in [1.29, 1.82) is 0 Å². The predicted octanol–water partition coefficient (Wildman–Crippen LogP) is 16.8. The molecule has 6 N–H and O–H groups in total. The van der Waals surface area contributed by atoms with E-state index >= 15 is 0 Å². The maximum Gasteiger partial charge on any atom is 0.220 e. The van der Waals surface area contributed by atoms with Crippen LogP contribution in [0.2, 0.25) is 0 Å². The summed E-state index contributed by atoms with van der Waals surface area (Å²) in [6.45, 7) is 3.76. The van der Waals surface area contributed by atoms with Crippen LogP contribution in [0.15, 0.2) is 72.9 Å². The number of hydrogen-bond donors (Lipinski definition) is 6. The molecule has 7 unspecified atom stereocenters. The van der Waals surface area contributed by atoms with Gasteiger partial charge in [0.25, 0.3) is 0 Å². The molecule has 0 bridgehead atoms. The van der Waals surface area contributed by atoms with E-state index in [0.29, 0.717) is 6.42 Å². The van der Waals surface area contributed by atoms with Crippen molar-refractivity contribution in [2.45, 2.75) is 333 Å². The van der Waals surface area contributed by atoms with Gasteiger partial charge in [0.05, 0.1) is 25.4 Å². The summed E-state index contributed by atoms with van der Waals surface area (Å²) in [7, 11) is 0. The Kier molecular flexibility index (Phi) is 52.7. The van der Waals surface area contributed by atoms with Gasteiger partial charge < -0.3 is 40.3 Å². The lowest BCUT2D eigenvalue weighted by molar-refractivity contribution is -0.302. The number of amides is 1. The first kappa shape index (κ1) is 71.6. The Hall–Kier alpha value is -2.37. The summed E-state index contributed by atoms with van der Waals surface area (Å²) in [4.78, 5) is 13.1. The highest BCUT2D eigenvalue weighted by Gasteiger charge is 2.44. The summed E-state index contributed by atoms with van der Waals surface area (Å²) in [5.74, 6) is -0.189. The van der Waals surface area contributed by atoms with Gasteiger partial charge in [-0.15, -0.1) is 0 Å². The summed E-state index contributed by atoms with van der Waals surface area (Å²) < 4.78 is 11.3. The average Bonchev–Trinajstić information content (AvgIpc) is 3.42. The van der Waals surface area contributed by atoms with Gasteiger partial charge in [0.15, 0.2) is 6.29 Å². The summed E-state index contributed by atoms with van der Waals surface area (Å²) >= 11 is 0. The molecule has 0 radical (unpaired) electrons. The lowest BCUT2D eigenvalue weighted by Gasteiger charge is -2.40. The van der Waals surface area contributed by atoms with Crippen molar-refractivity contribution in [1.82, 2.24) is 5.32 Å². The third-order valence-corrected chi connectivity index (χ3v) is 15.0. The van der Waals surface area contributed by atoms with Crippen LogP contribution in [-0.2, 0) is 14.3 Å². The van der Waals surface area contributed by atoms with Gasteiger partial charge in [-0.25, -0.2) is 0 Å². The van der Waals surface area contributed by atoms with Crippen molar-refractivity contribution >= 4 is 5.91 Å². The zero-order valence-electron chi connectivity index (χ0n) is 49.3. The Morgan fingerprint density at radius 1 is 0.447 bits per heavy atom. The van der Waals surface area contributed by atoms with E-state index < -0.39 is 49.5 Å². The smallest absolute Gasteiger partial charge is 0.220 e. The number of carbonyl (C=O) groups is 1. The first-order chi connectivity index (χ1) is 37.3. The molecule has 1 rings (SSSR count). The van der Waals surface area contributed by atoms with E-state index in [4.69, 9.17) is 9.47 Å². The number of hydrogen-bond acceptors (Lipinski definition) is 8. The Labute approximate surface area is 468 Å². The second-order valence-corrected chi connectivity index (χ2v) is 22.2. The van der Waals surface area contributed by atoms with Crippen LogP contribution in [-0.4, -0.2) is 87.5 Å². The van der Waals surface area contributed by atoms with Crippen molar-refractivity contribution in [3.63, 3.8) is 0 Å². The third-order valence-electron chi connectivity index (χ3n) is 15.0. The molecule has 1 heterocycles. The minimum absolute atomic E-state index is 0.189. The molecular formula is C67H121NO8. The summed E-state index contributed by atoms with van der Waals surface area (Å²) in [6, 6.07) is -0.830. The molecule has 1 aliphatic heterocycles. The van der Waals surface area contributed by atoms with Crippen LogP contribution in [0.4, 0.5) is 0 Å². The highest BCUT2D eigenvalue weighted by atomic mass is 16.7. The van der Waals surface area contributed by atoms with Crippen LogP contribution < -0.4 is 5.32 Å². The number of aliphatic hydroxyl groups excluding tert-OH is 5. The van der Waals surface area contributed by atoms with Gasteiger partial charge in [0.2, 0.25) is 5.91 Å². The number of rotatable bonds is 55. The highest BCUT2D eigenvalue weighted by molar-refractivity contribution is 5.76. The van der Waals surface area contributed by atoms with Crippen LogP contribution in [0.1, 0.15) is 290 Å². The van der Waals surface area contributed by atoms with Crippen molar-refractivity contribution in [3.8, 4) is 0 Å². The Balaban J connectivity index is 2.13. The molecule has 442 valence electrons. The molecule has 1 aliphatic rings. The zero-order chi connectivity index (χ0) is 55.0. The lowest BCUT2D eigenvalue weighted by Crippen LogP contribution is -2.60. The van der Waals surface area contributed by atoms with Crippen molar-refractivity contribution < 1.29 is 39.8 Å². The number of unbranched alkanes of at least 4 members (excludes halogenated alkanes) is 35. The molecule has 9 nitrogen and oxygen atoms in total. The molecule has 1 fully saturated rings. The SMILES string of the molecule is CCCCCCC/C=C\C/C=C\C/C=C\CCCCCCCCCCCCCCCCCCCCCCC(=O)NC(COC1OC(CO)C(O)C(O)C1O)C(O)/C=C/CC/C=C/CC/C=C/CCCCCCCCCC. The summed E-state index contributed by atoms with van der Waals surface area (Å²) in [5.41, 5.74) is 0. The molecule has 0 spiro atoms. The molecule has 0 aromatic carbocycles. The Morgan fingerprint density at radius 2 is 0.789 bits per heavy atom. The molecule has 0 saturated carbocycles. The minimum Gasteiger partial charge on any atom is -0.394 e. The zero-order valence-corrected chi connectivity index (χ0v) is 49.3. The largest absolute Gasteiger partial charge is 0.394 e. The molecule has 0 aromatic rings. The van der Waals surface area contributed by atoms with Crippen molar-refractivity contribution in [2.24, 2.45) is 0 Å². The van der Waals surface area contributed by atoms with Gasteiger partial charge >= 0.3 is 0 Å². The van der Waals surface area contributed by atoms with Gasteiger partial charge in [-0.2, -0.15) is 0 Å². The van der Waals surface area contributed by atoms with Crippen LogP contribution in [0, 0.1) is 0 Å². The monoisotopic (exact) mass is 1070 g/mol. The number of aliphatic hydroxyl groups is 5. The van der Waals surface area contributed by atoms with E-state index in [9.17, 15) is 30.3 Å². The molecule has 9 heteroatoms. The maximum absolute atomic E-state index is 13.1. The molecule has 0 aromatic heterocycles. The van der Waals surface area contributed by atoms with Gasteiger partial charge in [-0.3, -0.25) is 4.79 Å². The van der Waals surface area contributed by atoms with E-state index in [0.717, 1.165) is 57.8 Å².